The van der Waals surface area contributed by atoms with E-state index in [0.29, 0.717) is 23.7 Å². The number of halogens is 1. The van der Waals surface area contributed by atoms with Crippen LogP contribution in [0.2, 0.25) is 5.02 Å². The summed E-state index contributed by atoms with van der Waals surface area (Å²) in [5.41, 5.74) is 1.67. The summed E-state index contributed by atoms with van der Waals surface area (Å²) in [4.78, 5) is 37.2. The van der Waals surface area contributed by atoms with Gasteiger partial charge in [0.25, 0.3) is 5.91 Å². The van der Waals surface area contributed by atoms with Gasteiger partial charge in [-0.2, -0.15) is 0 Å². The third-order valence-electron chi connectivity index (χ3n) is 5.62. The molecule has 0 fully saturated rings. The molecule has 2 atom stereocenters. The van der Waals surface area contributed by atoms with Crippen LogP contribution < -0.4 is 9.64 Å². The molecule has 2 aromatic carbocycles. The minimum Gasteiger partial charge on any atom is -0.497 e. The molecule has 1 aliphatic heterocycles. The van der Waals surface area contributed by atoms with Crippen molar-refractivity contribution >= 4 is 46.9 Å². The van der Waals surface area contributed by atoms with E-state index in [0.717, 1.165) is 41.5 Å². The third-order valence-corrected chi connectivity index (χ3v) is 7.22. The fourth-order valence-electron chi connectivity index (χ4n) is 3.61. The van der Waals surface area contributed by atoms with E-state index in [2.05, 4.69) is 18.7 Å². The number of likely N-dealkylation sites (N-methyl/N-ethyl adjacent to an activating group) is 1. The minimum absolute atomic E-state index is 0.286. The molecular weight excluding hydrogens is 520 g/mol. The Bertz CT molecular complexity index is 1090. The zero-order chi connectivity index (χ0) is 27.5. The first kappa shape index (κ1) is 30.2. The second-order valence-electron chi connectivity index (χ2n) is 7.90. The maximum atomic E-state index is 13.3. The first-order valence-electron chi connectivity index (χ1n) is 11.6. The highest BCUT2D eigenvalue weighted by Gasteiger charge is 2.37. The Hall–Kier alpha value is -3.05. The molecule has 3 rings (SSSR count). The normalized spacial score (nSPS) is 17.1. The van der Waals surface area contributed by atoms with Crippen LogP contribution in [0.1, 0.15) is 24.7 Å². The largest absolute Gasteiger partial charge is 0.497 e. The lowest BCUT2D eigenvalue weighted by atomic mass is 10.1. The number of aliphatic carboxylic acids is 2. The molecule has 3 N–H and O–H groups in total. The first-order chi connectivity index (χ1) is 17.6. The van der Waals surface area contributed by atoms with Crippen LogP contribution in [0.15, 0.2) is 59.5 Å². The number of ether oxygens (including phenoxy) is 1. The number of thioether (sulfide) groups is 1. The Morgan fingerprint density at radius 3 is 2.19 bits per heavy atom. The predicted octanol–water partition coefficient (Wildman–Crippen LogP) is 3.94. The summed E-state index contributed by atoms with van der Waals surface area (Å²) in [6.45, 7) is 7.29. The summed E-state index contributed by atoms with van der Waals surface area (Å²) in [7, 11) is 1.61. The van der Waals surface area contributed by atoms with Gasteiger partial charge in [0.05, 0.1) is 18.0 Å². The van der Waals surface area contributed by atoms with Crippen LogP contribution in [-0.2, 0) is 14.4 Å². The molecule has 0 aromatic heterocycles. The van der Waals surface area contributed by atoms with Gasteiger partial charge in [-0.05, 0) is 49.0 Å². The number of nitrogens with zero attached hydrogens (tertiary/aromatic N) is 2. The molecule has 1 heterocycles. The molecule has 2 aromatic rings. The zero-order valence-electron chi connectivity index (χ0n) is 20.8. The van der Waals surface area contributed by atoms with Gasteiger partial charge in [-0.1, -0.05) is 37.6 Å². The number of carboxylic acids is 2. The Balaban J connectivity index is 0.000000521. The number of hydrogen-bond acceptors (Lipinski definition) is 7. The lowest BCUT2D eigenvalue weighted by molar-refractivity contribution is -0.134. The van der Waals surface area contributed by atoms with E-state index in [1.54, 1.807) is 18.1 Å². The lowest BCUT2D eigenvalue weighted by Crippen LogP contribution is -2.44. The van der Waals surface area contributed by atoms with E-state index < -0.39 is 23.3 Å². The molecule has 9 nitrogen and oxygen atoms in total. The van der Waals surface area contributed by atoms with Gasteiger partial charge in [-0.15, -0.1) is 11.8 Å². The third kappa shape index (κ3) is 8.78. The highest BCUT2D eigenvalue weighted by Crippen LogP contribution is 2.46. The summed E-state index contributed by atoms with van der Waals surface area (Å²) in [5, 5.41) is 26.8. The Labute approximate surface area is 225 Å². The number of carboxylic acid groups (broad SMARTS) is 2. The summed E-state index contributed by atoms with van der Waals surface area (Å²) in [6, 6.07) is 13.0. The second-order valence-corrected chi connectivity index (χ2v) is 9.51. The number of methoxy groups -OCH3 is 1. The van der Waals surface area contributed by atoms with Crippen LogP contribution in [0.25, 0.3) is 0 Å². The Kier molecular flexibility index (Phi) is 11.9. The number of aliphatic hydroxyl groups excluding tert-OH is 1. The van der Waals surface area contributed by atoms with Crippen molar-refractivity contribution in [3.8, 4) is 5.75 Å². The highest BCUT2D eigenvalue weighted by molar-refractivity contribution is 7.99. The first-order valence-corrected chi connectivity index (χ1v) is 12.8. The molecule has 1 aliphatic rings. The molecule has 0 saturated heterocycles. The maximum Gasteiger partial charge on any atom is 0.328 e. The molecule has 0 spiro atoms. The number of anilines is 1. The zero-order valence-corrected chi connectivity index (χ0v) is 22.4. The molecule has 11 heteroatoms. The summed E-state index contributed by atoms with van der Waals surface area (Å²) < 4.78 is 5.23. The van der Waals surface area contributed by atoms with E-state index in [9.17, 15) is 19.5 Å². The number of hydrogen-bond donors (Lipinski definition) is 3. The smallest absolute Gasteiger partial charge is 0.328 e. The average Bonchev–Trinajstić information content (AvgIpc) is 2.98. The summed E-state index contributed by atoms with van der Waals surface area (Å²) >= 11 is 7.72. The fraction of sp³-hybridized carbons (Fsp3) is 0.346. The highest BCUT2D eigenvalue weighted by atomic mass is 35.5. The van der Waals surface area contributed by atoms with E-state index in [1.807, 2.05) is 36.4 Å². The van der Waals surface area contributed by atoms with Crippen molar-refractivity contribution in [1.82, 2.24) is 4.90 Å². The van der Waals surface area contributed by atoms with Gasteiger partial charge in [0.15, 0.2) is 0 Å². The number of carbonyl (C=O) groups excluding carboxylic acids is 1. The number of fused-ring (bicyclic) bond motifs is 1. The van der Waals surface area contributed by atoms with Gasteiger partial charge < -0.3 is 29.9 Å². The minimum atomic E-state index is -1.26. The van der Waals surface area contributed by atoms with Crippen molar-refractivity contribution in [2.24, 2.45) is 0 Å². The van der Waals surface area contributed by atoms with Gasteiger partial charge >= 0.3 is 11.9 Å². The lowest BCUT2D eigenvalue weighted by Gasteiger charge is -2.28. The quantitative estimate of drug-likeness (QED) is 0.398. The molecule has 0 aliphatic carbocycles. The van der Waals surface area contributed by atoms with E-state index >= 15 is 0 Å². The maximum absolute atomic E-state index is 13.3. The van der Waals surface area contributed by atoms with Gasteiger partial charge in [0.1, 0.15) is 11.9 Å². The van der Waals surface area contributed by atoms with Crippen molar-refractivity contribution < 1.29 is 34.4 Å². The topological polar surface area (TPSA) is 128 Å². The monoisotopic (exact) mass is 550 g/mol. The molecule has 0 bridgehead atoms. The van der Waals surface area contributed by atoms with Gasteiger partial charge in [-0.25, -0.2) is 9.59 Å². The predicted molar refractivity (Wildman–Crippen MR) is 144 cm³/mol. The van der Waals surface area contributed by atoms with Crippen molar-refractivity contribution in [2.45, 2.75) is 30.1 Å². The van der Waals surface area contributed by atoms with Gasteiger partial charge in [-0.3, -0.25) is 4.79 Å². The van der Waals surface area contributed by atoms with Gasteiger partial charge in [0, 0.05) is 35.2 Å². The van der Waals surface area contributed by atoms with Crippen LogP contribution in [0.4, 0.5) is 5.69 Å². The van der Waals surface area contributed by atoms with E-state index in [4.69, 9.17) is 26.6 Å². The fourth-order valence-corrected chi connectivity index (χ4v) is 5.16. The Morgan fingerprint density at radius 2 is 1.68 bits per heavy atom. The molecule has 1 amide bonds. The number of amides is 1. The Morgan fingerprint density at radius 1 is 1.08 bits per heavy atom. The molecule has 0 radical (unpaired) electrons. The van der Waals surface area contributed by atoms with E-state index in [-0.39, 0.29) is 5.91 Å². The van der Waals surface area contributed by atoms with Crippen LogP contribution in [0, 0.1) is 0 Å². The molecule has 37 heavy (non-hydrogen) atoms. The van der Waals surface area contributed by atoms with Crippen molar-refractivity contribution in [2.75, 3.05) is 38.2 Å². The van der Waals surface area contributed by atoms with E-state index in [1.165, 1.54) is 11.8 Å². The molecule has 0 saturated carbocycles. The summed E-state index contributed by atoms with van der Waals surface area (Å²) in [5.74, 6) is -2.07. The molecule has 200 valence electrons. The SMILES string of the molecule is CCN(CC)CCN1C(=O)[C@H](O)[C@H](c2ccc(OC)cc2)Sc2cc(Cl)ccc21.O=C(O)/C=C/C(=O)O. The standard InChI is InChI=1S/C22H27ClN2O3S.C4H4O4/c1-4-24(5-2)12-13-25-18-11-8-16(23)14-19(18)29-21(20(26)22(25)27)15-6-9-17(28-3)10-7-15;5-3(6)1-2-4(7)8/h6-11,14,20-21,26H,4-5,12-13H2,1-3H3;1-2H,(H,5,6)(H,7,8)/b;2-1+/t20-,21+;/m1./s1. The number of aliphatic hydroxyl groups is 1. The van der Waals surface area contributed by atoms with Crippen molar-refractivity contribution in [3.63, 3.8) is 0 Å². The van der Waals surface area contributed by atoms with Crippen LogP contribution in [0.3, 0.4) is 0 Å². The molecular formula is C26H31ClN2O7S. The van der Waals surface area contributed by atoms with Crippen LogP contribution >= 0.6 is 23.4 Å². The average molecular weight is 551 g/mol. The number of rotatable bonds is 9. The summed E-state index contributed by atoms with van der Waals surface area (Å²) in [6.07, 6.45) is -0.0405. The number of benzene rings is 2. The van der Waals surface area contributed by atoms with Crippen molar-refractivity contribution in [3.05, 3.63) is 65.2 Å². The molecule has 0 unspecified atom stereocenters. The van der Waals surface area contributed by atoms with Crippen LogP contribution in [0.5, 0.6) is 5.75 Å². The van der Waals surface area contributed by atoms with Crippen molar-refractivity contribution in [1.29, 1.82) is 0 Å². The van der Waals surface area contributed by atoms with Gasteiger partial charge in [0.2, 0.25) is 0 Å². The van der Waals surface area contributed by atoms with Crippen LogP contribution in [-0.4, -0.2) is 77.5 Å². The second kappa shape index (κ2) is 14.6. The number of carbonyl (C=O) groups is 3.